The summed E-state index contributed by atoms with van der Waals surface area (Å²) < 4.78 is 0. The van der Waals surface area contributed by atoms with Gasteiger partial charge in [-0.1, -0.05) is 11.8 Å². The first kappa shape index (κ1) is 11.9. The summed E-state index contributed by atoms with van der Waals surface area (Å²) in [4.78, 5) is 21.9. The number of aryl methyl sites for hydroxylation is 2. The highest BCUT2D eigenvalue weighted by atomic mass is 32.2. The van der Waals surface area contributed by atoms with Crippen molar-refractivity contribution >= 4 is 39.3 Å². The van der Waals surface area contributed by atoms with Crippen molar-refractivity contribution in [1.29, 1.82) is 0 Å². The Labute approximate surface area is 112 Å². The van der Waals surface area contributed by atoms with E-state index in [9.17, 15) is 4.79 Å². The van der Waals surface area contributed by atoms with Gasteiger partial charge in [-0.05, 0) is 31.7 Å². The predicted molar refractivity (Wildman–Crippen MR) is 72.4 cm³/mol. The molecule has 2 aromatic rings. The number of carboxylic acids is 1. The van der Waals surface area contributed by atoms with Crippen molar-refractivity contribution in [1.82, 2.24) is 9.97 Å². The van der Waals surface area contributed by atoms with Gasteiger partial charge in [0, 0.05) is 10.3 Å². The van der Waals surface area contributed by atoms with Gasteiger partial charge >= 0.3 is 5.97 Å². The monoisotopic (exact) mass is 280 g/mol. The predicted octanol–water partition coefficient (Wildman–Crippen LogP) is 2.75. The largest absolute Gasteiger partial charge is 0.480 e. The van der Waals surface area contributed by atoms with Crippen LogP contribution in [0.2, 0.25) is 0 Å². The lowest BCUT2D eigenvalue weighted by Gasteiger charge is -2.06. The first-order valence-corrected chi connectivity index (χ1v) is 7.51. The molecule has 6 heteroatoms. The maximum Gasteiger partial charge on any atom is 0.316 e. The van der Waals surface area contributed by atoms with Crippen molar-refractivity contribution in [2.45, 2.75) is 36.5 Å². The molecule has 94 valence electrons. The molecule has 1 aliphatic carbocycles. The topological polar surface area (TPSA) is 63.1 Å². The van der Waals surface area contributed by atoms with Gasteiger partial charge in [0.05, 0.1) is 0 Å². The minimum Gasteiger partial charge on any atom is -0.480 e. The van der Waals surface area contributed by atoms with Gasteiger partial charge in [0.15, 0.2) is 0 Å². The summed E-state index contributed by atoms with van der Waals surface area (Å²) >= 11 is 3.03. The zero-order valence-corrected chi connectivity index (χ0v) is 11.5. The first-order chi connectivity index (χ1) is 8.66. The second kappa shape index (κ2) is 4.51. The number of carbonyl (C=O) groups is 1. The summed E-state index contributed by atoms with van der Waals surface area (Å²) in [6, 6.07) is 0. The summed E-state index contributed by atoms with van der Waals surface area (Å²) in [5.41, 5.74) is 1.34. The fourth-order valence-corrected chi connectivity index (χ4v) is 4.38. The van der Waals surface area contributed by atoms with Crippen LogP contribution in [0.15, 0.2) is 11.4 Å². The molecule has 0 fully saturated rings. The standard InChI is InChI=1S/C12H12N2O2S2/c1-6(12(15)16)17-10-9-7-3-2-4-8(7)18-11(9)14-5-13-10/h5-6H,2-4H2,1H3,(H,15,16). The minimum absolute atomic E-state index is 0.486. The van der Waals surface area contributed by atoms with Crippen molar-refractivity contribution in [2.24, 2.45) is 0 Å². The Bertz CT molecular complexity index is 624. The molecule has 0 radical (unpaired) electrons. The Morgan fingerprint density at radius 2 is 2.33 bits per heavy atom. The molecule has 1 aliphatic rings. The Kier molecular flexibility index (Phi) is 2.99. The molecule has 0 amide bonds. The van der Waals surface area contributed by atoms with Crippen LogP contribution in [0.4, 0.5) is 0 Å². The second-order valence-corrected chi connectivity index (χ2v) is 6.73. The van der Waals surface area contributed by atoms with E-state index in [0.717, 1.165) is 28.1 Å². The molecule has 0 bridgehead atoms. The molecule has 0 spiro atoms. The molecule has 0 aromatic carbocycles. The number of thiophene rings is 1. The Morgan fingerprint density at radius 1 is 1.50 bits per heavy atom. The summed E-state index contributed by atoms with van der Waals surface area (Å²) in [5.74, 6) is -0.807. The molecule has 4 nitrogen and oxygen atoms in total. The Balaban J connectivity index is 2.09. The zero-order valence-electron chi connectivity index (χ0n) is 9.84. The van der Waals surface area contributed by atoms with Crippen LogP contribution in [0.1, 0.15) is 23.8 Å². The highest BCUT2D eigenvalue weighted by Gasteiger charge is 2.23. The van der Waals surface area contributed by atoms with Crippen LogP contribution in [0.25, 0.3) is 10.2 Å². The number of aliphatic carboxylic acids is 1. The smallest absolute Gasteiger partial charge is 0.316 e. The third-order valence-corrected chi connectivity index (χ3v) is 5.39. The number of thioether (sulfide) groups is 1. The van der Waals surface area contributed by atoms with E-state index in [-0.39, 0.29) is 0 Å². The average Bonchev–Trinajstić information content (AvgIpc) is 2.88. The number of rotatable bonds is 3. The van der Waals surface area contributed by atoms with Crippen molar-refractivity contribution < 1.29 is 9.90 Å². The van der Waals surface area contributed by atoms with Gasteiger partial charge in [0.25, 0.3) is 0 Å². The second-order valence-electron chi connectivity index (χ2n) is 4.31. The molecular weight excluding hydrogens is 268 g/mol. The van der Waals surface area contributed by atoms with Crippen molar-refractivity contribution in [3.8, 4) is 0 Å². The highest BCUT2D eigenvalue weighted by Crippen LogP contribution is 2.40. The van der Waals surface area contributed by atoms with E-state index in [0.29, 0.717) is 0 Å². The Hall–Kier alpha value is -1.14. The van der Waals surface area contributed by atoms with E-state index >= 15 is 0 Å². The van der Waals surface area contributed by atoms with Crippen LogP contribution < -0.4 is 0 Å². The number of aromatic nitrogens is 2. The lowest BCUT2D eigenvalue weighted by Crippen LogP contribution is -2.11. The molecule has 0 saturated carbocycles. The lowest BCUT2D eigenvalue weighted by molar-refractivity contribution is -0.136. The molecule has 0 saturated heterocycles. The molecule has 2 heterocycles. The van der Waals surface area contributed by atoms with E-state index in [1.54, 1.807) is 18.3 Å². The molecule has 0 aliphatic heterocycles. The molecule has 3 rings (SSSR count). The van der Waals surface area contributed by atoms with Gasteiger partial charge in [0.2, 0.25) is 0 Å². The zero-order chi connectivity index (χ0) is 12.7. The number of fused-ring (bicyclic) bond motifs is 3. The van der Waals surface area contributed by atoms with E-state index in [4.69, 9.17) is 5.11 Å². The van der Waals surface area contributed by atoms with Crippen LogP contribution in [0, 0.1) is 0 Å². The fourth-order valence-electron chi connectivity index (χ4n) is 2.21. The number of nitrogens with zero attached hydrogens (tertiary/aromatic N) is 2. The normalized spacial score (nSPS) is 15.8. The lowest BCUT2D eigenvalue weighted by atomic mass is 10.2. The van der Waals surface area contributed by atoms with Gasteiger partial charge in [-0.2, -0.15) is 0 Å². The van der Waals surface area contributed by atoms with E-state index in [1.165, 1.54) is 35.0 Å². The van der Waals surface area contributed by atoms with E-state index in [2.05, 4.69) is 9.97 Å². The van der Waals surface area contributed by atoms with Crippen molar-refractivity contribution in [3.05, 3.63) is 16.8 Å². The summed E-state index contributed by atoms with van der Waals surface area (Å²) in [5, 5.41) is 10.4. The molecular formula is C12H12N2O2S2. The van der Waals surface area contributed by atoms with Crippen molar-refractivity contribution in [3.63, 3.8) is 0 Å². The minimum atomic E-state index is -0.807. The number of hydrogen-bond donors (Lipinski definition) is 1. The van der Waals surface area contributed by atoms with Crippen LogP contribution in [0.3, 0.4) is 0 Å². The summed E-state index contributed by atoms with van der Waals surface area (Å²) in [6.45, 7) is 1.69. The maximum absolute atomic E-state index is 11.0. The van der Waals surface area contributed by atoms with Crippen LogP contribution in [-0.4, -0.2) is 26.3 Å². The van der Waals surface area contributed by atoms with Gasteiger partial charge in [-0.25, -0.2) is 9.97 Å². The summed E-state index contributed by atoms with van der Waals surface area (Å²) in [6.07, 6.45) is 4.90. The van der Waals surface area contributed by atoms with Crippen LogP contribution in [0.5, 0.6) is 0 Å². The van der Waals surface area contributed by atoms with E-state index in [1.807, 2.05) is 0 Å². The van der Waals surface area contributed by atoms with Crippen LogP contribution in [-0.2, 0) is 17.6 Å². The van der Waals surface area contributed by atoms with Gasteiger partial charge < -0.3 is 5.11 Å². The van der Waals surface area contributed by atoms with Gasteiger partial charge in [-0.3, -0.25) is 4.79 Å². The van der Waals surface area contributed by atoms with Gasteiger partial charge in [-0.15, -0.1) is 11.3 Å². The van der Waals surface area contributed by atoms with E-state index < -0.39 is 11.2 Å². The quantitative estimate of drug-likeness (QED) is 0.692. The third kappa shape index (κ3) is 1.89. The molecule has 1 atom stereocenters. The fraction of sp³-hybridized carbons (Fsp3) is 0.417. The van der Waals surface area contributed by atoms with Crippen molar-refractivity contribution in [2.75, 3.05) is 0 Å². The summed E-state index contributed by atoms with van der Waals surface area (Å²) in [7, 11) is 0. The number of carboxylic acid groups (broad SMARTS) is 1. The highest BCUT2D eigenvalue weighted by molar-refractivity contribution is 8.00. The SMILES string of the molecule is CC(Sc1ncnc2sc3c(c12)CCC3)C(=O)O. The third-order valence-electron chi connectivity index (χ3n) is 3.10. The average molecular weight is 280 g/mol. The molecule has 2 aromatic heterocycles. The molecule has 1 N–H and O–H groups in total. The van der Waals surface area contributed by atoms with Gasteiger partial charge in [0.1, 0.15) is 21.4 Å². The molecule has 1 unspecified atom stereocenters. The van der Waals surface area contributed by atoms with Crippen LogP contribution >= 0.6 is 23.1 Å². The maximum atomic E-state index is 11.0. The molecule has 18 heavy (non-hydrogen) atoms. The Morgan fingerprint density at radius 3 is 3.11 bits per heavy atom. The number of hydrogen-bond acceptors (Lipinski definition) is 5. The first-order valence-electron chi connectivity index (χ1n) is 5.81.